The zero-order valence-electron chi connectivity index (χ0n) is 5.08. The maximum atomic E-state index is 10.9. The Hall–Kier alpha value is -0.440. The Morgan fingerprint density at radius 3 is 2.78 bits per heavy atom. The summed E-state index contributed by atoms with van der Waals surface area (Å²) in [4.78, 5) is 12.5. The summed E-state index contributed by atoms with van der Waals surface area (Å²) in [5, 5.41) is -0.0944. The van der Waals surface area contributed by atoms with Gasteiger partial charge in [-0.3, -0.25) is 4.79 Å². The Bertz CT molecular complexity index is 146. The van der Waals surface area contributed by atoms with Crippen LogP contribution in [0.3, 0.4) is 0 Å². The molecule has 1 atom stereocenters. The number of hydrogen-bond donors (Lipinski definition) is 1. The SMILES string of the molecule is C=CN1CCC(S)C1=O. The summed E-state index contributed by atoms with van der Waals surface area (Å²) in [5.74, 6) is 0.0772. The highest BCUT2D eigenvalue weighted by Crippen LogP contribution is 2.15. The summed E-state index contributed by atoms with van der Waals surface area (Å²) in [6, 6.07) is 0. The third kappa shape index (κ3) is 1.10. The van der Waals surface area contributed by atoms with Crippen molar-refractivity contribution in [3.8, 4) is 0 Å². The fraction of sp³-hybridized carbons (Fsp3) is 0.500. The molecule has 1 aliphatic heterocycles. The topological polar surface area (TPSA) is 20.3 Å². The van der Waals surface area contributed by atoms with Crippen LogP contribution in [0.2, 0.25) is 0 Å². The van der Waals surface area contributed by atoms with Gasteiger partial charge < -0.3 is 4.90 Å². The van der Waals surface area contributed by atoms with Crippen LogP contribution in [-0.4, -0.2) is 22.6 Å². The molecule has 0 radical (unpaired) electrons. The first-order valence-electron chi connectivity index (χ1n) is 2.87. The van der Waals surface area contributed by atoms with Crippen LogP contribution in [0.4, 0.5) is 0 Å². The molecule has 0 N–H and O–H groups in total. The molecule has 0 saturated carbocycles. The van der Waals surface area contributed by atoms with Gasteiger partial charge in [-0.25, -0.2) is 0 Å². The van der Waals surface area contributed by atoms with Gasteiger partial charge in [-0.2, -0.15) is 12.6 Å². The molecule has 9 heavy (non-hydrogen) atoms. The van der Waals surface area contributed by atoms with E-state index in [-0.39, 0.29) is 11.2 Å². The summed E-state index contributed by atoms with van der Waals surface area (Å²) in [5.41, 5.74) is 0. The van der Waals surface area contributed by atoms with Gasteiger partial charge in [0.1, 0.15) is 0 Å². The minimum atomic E-state index is -0.0944. The monoisotopic (exact) mass is 143 g/mol. The van der Waals surface area contributed by atoms with Crippen LogP contribution in [0, 0.1) is 0 Å². The van der Waals surface area contributed by atoms with Crippen molar-refractivity contribution >= 4 is 18.5 Å². The van der Waals surface area contributed by atoms with Gasteiger partial charge in [0.25, 0.3) is 0 Å². The Labute approximate surface area is 59.9 Å². The number of hydrogen-bond acceptors (Lipinski definition) is 2. The third-order valence-corrected chi connectivity index (χ3v) is 1.91. The Balaban J connectivity index is 2.61. The molecule has 1 amide bonds. The van der Waals surface area contributed by atoms with E-state index in [4.69, 9.17) is 0 Å². The third-order valence-electron chi connectivity index (χ3n) is 1.43. The lowest BCUT2D eigenvalue weighted by atomic mass is 10.4. The minimum absolute atomic E-state index is 0.0772. The summed E-state index contributed by atoms with van der Waals surface area (Å²) in [6.45, 7) is 4.27. The first kappa shape index (κ1) is 6.68. The van der Waals surface area contributed by atoms with E-state index in [9.17, 15) is 4.79 Å². The molecule has 0 bridgehead atoms. The van der Waals surface area contributed by atoms with Gasteiger partial charge in [0.15, 0.2) is 0 Å². The van der Waals surface area contributed by atoms with Gasteiger partial charge in [0.05, 0.1) is 5.25 Å². The molecule has 0 aromatic heterocycles. The average Bonchev–Trinajstić information content (AvgIpc) is 2.15. The van der Waals surface area contributed by atoms with Gasteiger partial charge >= 0.3 is 0 Å². The van der Waals surface area contributed by atoms with E-state index in [1.807, 2.05) is 0 Å². The normalized spacial score (nSPS) is 27.0. The molecule has 0 spiro atoms. The largest absolute Gasteiger partial charge is 0.319 e. The van der Waals surface area contributed by atoms with Crippen LogP contribution >= 0.6 is 12.6 Å². The molecule has 0 aromatic rings. The van der Waals surface area contributed by atoms with Gasteiger partial charge in [-0.05, 0) is 12.6 Å². The van der Waals surface area contributed by atoms with Gasteiger partial charge in [0.2, 0.25) is 5.91 Å². The second-order valence-corrected chi connectivity index (χ2v) is 2.64. The molecule has 1 rings (SSSR count). The van der Waals surface area contributed by atoms with E-state index in [2.05, 4.69) is 19.2 Å². The van der Waals surface area contributed by atoms with Crippen LogP contribution in [0.25, 0.3) is 0 Å². The van der Waals surface area contributed by atoms with E-state index < -0.39 is 0 Å². The number of rotatable bonds is 1. The van der Waals surface area contributed by atoms with Crippen LogP contribution in [0.1, 0.15) is 6.42 Å². The maximum Gasteiger partial charge on any atom is 0.239 e. The van der Waals surface area contributed by atoms with Crippen molar-refractivity contribution in [3.63, 3.8) is 0 Å². The molecule has 1 heterocycles. The number of thiol groups is 1. The Kier molecular flexibility index (Phi) is 1.81. The molecule has 0 aliphatic carbocycles. The molecule has 3 heteroatoms. The number of carbonyl (C=O) groups excluding carboxylic acids is 1. The lowest BCUT2D eigenvalue weighted by molar-refractivity contribution is -0.125. The second kappa shape index (κ2) is 2.43. The maximum absolute atomic E-state index is 10.9. The van der Waals surface area contributed by atoms with Crippen molar-refractivity contribution in [2.24, 2.45) is 0 Å². The molecule has 1 fully saturated rings. The summed E-state index contributed by atoms with van der Waals surface area (Å²) < 4.78 is 0. The van der Waals surface area contributed by atoms with Crippen LogP contribution in [0.15, 0.2) is 12.8 Å². The molecule has 0 aromatic carbocycles. The van der Waals surface area contributed by atoms with Crippen molar-refractivity contribution in [2.75, 3.05) is 6.54 Å². The Morgan fingerprint density at radius 1 is 1.89 bits per heavy atom. The second-order valence-electron chi connectivity index (χ2n) is 2.02. The summed E-state index contributed by atoms with van der Waals surface area (Å²) >= 11 is 4.06. The zero-order valence-corrected chi connectivity index (χ0v) is 5.97. The molecule has 2 nitrogen and oxygen atoms in total. The smallest absolute Gasteiger partial charge is 0.239 e. The molecule has 1 aliphatic rings. The van der Waals surface area contributed by atoms with E-state index in [0.717, 1.165) is 13.0 Å². The summed E-state index contributed by atoms with van der Waals surface area (Å²) in [6.07, 6.45) is 2.40. The first-order valence-corrected chi connectivity index (χ1v) is 3.38. The van der Waals surface area contributed by atoms with E-state index in [1.165, 1.54) is 0 Å². The first-order chi connectivity index (χ1) is 4.25. The van der Waals surface area contributed by atoms with E-state index in [1.54, 1.807) is 11.1 Å². The van der Waals surface area contributed by atoms with Crippen LogP contribution in [0.5, 0.6) is 0 Å². The highest BCUT2D eigenvalue weighted by molar-refractivity contribution is 7.81. The quantitative estimate of drug-likeness (QED) is 0.535. The number of likely N-dealkylation sites (tertiary alicyclic amines) is 1. The van der Waals surface area contributed by atoms with Gasteiger partial charge in [0, 0.05) is 6.54 Å². The molecule has 50 valence electrons. The van der Waals surface area contributed by atoms with Crippen molar-refractivity contribution in [3.05, 3.63) is 12.8 Å². The number of carbonyl (C=O) groups is 1. The predicted molar refractivity (Wildman–Crippen MR) is 39.3 cm³/mol. The van der Waals surface area contributed by atoms with Crippen molar-refractivity contribution in [1.29, 1.82) is 0 Å². The lowest BCUT2D eigenvalue weighted by Gasteiger charge is -2.06. The van der Waals surface area contributed by atoms with E-state index >= 15 is 0 Å². The van der Waals surface area contributed by atoms with Gasteiger partial charge in [-0.1, -0.05) is 6.58 Å². The fourth-order valence-electron chi connectivity index (χ4n) is 0.868. The fourth-order valence-corrected chi connectivity index (χ4v) is 1.13. The minimum Gasteiger partial charge on any atom is -0.319 e. The van der Waals surface area contributed by atoms with Crippen molar-refractivity contribution in [1.82, 2.24) is 4.90 Å². The molecular weight excluding hydrogens is 134 g/mol. The van der Waals surface area contributed by atoms with Crippen molar-refractivity contribution < 1.29 is 4.79 Å². The van der Waals surface area contributed by atoms with Crippen LogP contribution in [-0.2, 0) is 4.79 Å². The number of amides is 1. The molecular formula is C6H9NOS. The Morgan fingerprint density at radius 2 is 2.56 bits per heavy atom. The van der Waals surface area contributed by atoms with E-state index in [0.29, 0.717) is 0 Å². The average molecular weight is 143 g/mol. The lowest BCUT2D eigenvalue weighted by Crippen LogP contribution is -2.21. The standard InChI is InChI=1S/C6H9NOS/c1-2-7-4-3-5(9)6(7)8/h2,5,9H,1,3-4H2. The number of nitrogens with zero attached hydrogens (tertiary/aromatic N) is 1. The molecule has 1 saturated heterocycles. The van der Waals surface area contributed by atoms with Crippen LogP contribution < -0.4 is 0 Å². The summed E-state index contributed by atoms with van der Waals surface area (Å²) in [7, 11) is 0. The molecule has 1 unspecified atom stereocenters. The van der Waals surface area contributed by atoms with Crippen molar-refractivity contribution in [2.45, 2.75) is 11.7 Å². The highest BCUT2D eigenvalue weighted by atomic mass is 32.1. The predicted octanol–water partition coefficient (Wildman–Crippen LogP) is 0.661. The van der Waals surface area contributed by atoms with Gasteiger partial charge in [-0.15, -0.1) is 0 Å². The zero-order chi connectivity index (χ0) is 6.85. The highest BCUT2D eigenvalue weighted by Gasteiger charge is 2.26.